The van der Waals surface area contributed by atoms with Crippen LogP contribution in [0.25, 0.3) is 0 Å². The van der Waals surface area contributed by atoms with Crippen LogP contribution in [0, 0.1) is 11.7 Å². The second-order valence-electron chi connectivity index (χ2n) is 6.02. The van der Waals surface area contributed by atoms with Gasteiger partial charge in [0.2, 0.25) is 5.91 Å². The Hall–Kier alpha value is -2.94. The van der Waals surface area contributed by atoms with Gasteiger partial charge < -0.3 is 24.4 Å². The largest absolute Gasteiger partial charge is 0.466 e. The molecule has 1 aliphatic rings. The third-order valence-electron chi connectivity index (χ3n) is 3.88. The smallest absolute Gasteiger partial charge is 0.355 e. The third-order valence-corrected chi connectivity index (χ3v) is 3.88. The monoisotopic (exact) mass is 380 g/mol. The normalized spacial score (nSPS) is 14.2. The van der Waals surface area contributed by atoms with Gasteiger partial charge >= 0.3 is 11.9 Å². The summed E-state index contributed by atoms with van der Waals surface area (Å²) in [6.07, 6.45) is 0. The number of esters is 2. The van der Waals surface area contributed by atoms with Crippen LogP contribution in [0.1, 0.15) is 13.8 Å². The summed E-state index contributed by atoms with van der Waals surface area (Å²) in [6.45, 7) is 3.15. The molecule has 1 heterocycles. The first-order valence-corrected chi connectivity index (χ1v) is 8.15. The Balaban J connectivity index is 2.50. The lowest BCUT2D eigenvalue weighted by molar-refractivity contribution is -0.140. The highest BCUT2D eigenvalue weighted by molar-refractivity contribution is 6.03. The number of carbonyl (C=O) groups is 3. The van der Waals surface area contributed by atoms with E-state index in [-0.39, 0.29) is 42.1 Å². The fourth-order valence-electron chi connectivity index (χ4n) is 2.40. The van der Waals surface area contributed by atoms with Crippen LogP contribution in [-0.4, -0.2) is 45.4 Å². The van der Waals surface area contributed by atoms with Crippen molar-refractivity contribution in [2.75, 3.05) is 37.8 Å². The molecule has 0 radical (unpaired) electrons. The standard InChI is InChI=1S/C18H21FN2O6/c1-10(2)16(22)20-14-7-11(5-6-13(14)19)21-9-27-8-12(17(23)25-3)15(21)18(24)26-4/h5-7,10H,8-9H2,1-4H3,(H,20,22). The van der Waals surface area contributed by atoms with E-state index in [1.165, 1.54) is 31.3 Å². The maximum Gasteiger partial charge on any atom is 0.355 e. The first-order chi connectivity index (χ1) is 12.8. The first kappa shape index (κ1) is 20.4. The van der Waals surface area contributed by atoms with Crippen LogP contribution >= 0.6 is 0 Å². The van der Waals surface area contributed by atoms with Crippen LogP contribution in [0.4, 0.5) is 15.8 Å². The molecular weight excluding hydrogens is 359 g/mol. The number of hydrogen-bond acceptors (Lipinski definition) is 7. The van der Waals surface area contributed by atoms with Crippen molar-refractivity contribution in [1.82, 2.24) is 0 Å². The van der Waals surface area contributed by atoms with Crippen molar-refractivity contribution in [1.29, 1.82) is 0 Å². The number of anilines is 2. The molecule has 1 aromatic rings. The van der Waals surface area contributed by atoms with Crippen molar-refractivity contribution in [2.24, 2.45) is 5.92 Å². The lowest BCUT2D eigenvalue weighted by atomic mass is 10.1. The van der Waals surface area contributed by atoms with E-state index in [9.17, 15) is 18.8 Å². The molecule has 0 aromatic heterocycles. The van der Waals surface area contributed by atoms with E-state index in [0.29, 0.717) is 5.69 Å². The lowest BCUT2D eigenvalue weighted by Crippen LogP contribution is -2.38. The second-order valence-corrected chi connectivity index (χ2v) is 6.02. The molecule has 9 heteroatoms. The predicted octanol–water partition coefficient (Wildman–Crippen LogP) is 1.81. The van der Waals surface area contributed by atoms with Gasteiger partial charge in [-0.15, -0.1) is 0 Å². The SMILES string of the molecule is COC(=O)C1=C(C(=O)OC)N(c2ccc(F)c(NC(=O)C(C)C)c2)COC1. The summed E-state index contributed by atoms with van der Waals surface area (Å²) in [5.41, 5.74) is 0.189. The quantitative estimate of drug-likeness (QED) is 0.779. The minimum Gasteiger partial charge on any atom is -0.466 e. The Morgan fingerprint density at radius 3 is 2.44 bits per heavy atom. The summed E-state index contributed by atoms with van der Waals surface area (Å²) in [7, 11) is 2.36. The van der Waals surface area contributed by atoms with Crippen molar-refractivity contribution >= 4 is 29.2 Å². The fraction of sp³-hybridized carbons (Fsp3) is 0.389. The molecular formula is C18H21FN2O6. The van der Waals surface area contributed by atoms with Gasteiger partial charge in [-0.1, -0.05) is 13.8 Å². The van der Waals surface area contributed by atoms with Crippen molar-refractivity contribution in [3.05, 3.63) is 35.3 Å². The van der Waals surface area contributed by atoms with Crippen molar-refractivity contribution < 1.29 is 33.0 Å². The number of benzene rings is 1. The fourth-order valence-corrected chi connectivity index (χ4v) is 2.40. The van der Waals surface area contributed by atoms with Crippen LogP contribution in [0.3, 0.4) is 0 Å². The molecule has 0 spiro atoms. The molecule has 0 atom stereocenters. The van der Waals surface area contributed by atoms with Gasteiger partial charge in [0.05, 0.1) is 32.1 Å². The van der Waals surface area contributed by atoms with E-state index >= 15 is 0 Å². The number of nitrogens with one attached hydrogen (secondary N) is 1. The molecule has 0 fully saturated rings. The van der Waals surface area contributed by atoms with Crippen LogP contribution in [0.2, 0.25) is 0 Å². The number of rotatable bonds is 5. The van der Waals surface area contributed by atoms with Gasteiger partial charge in [0.25, 0.3) is 0 Å². The number of carbonyl (C=O) groups excluding carboxylic acids is 3. The van der Waals surface area contributed by atoms with Crippen LogP contribution in [0.15, 0.2) is 29.5 Å². The van der Waals surface area contributed by atoms with Gasteiger partial charge in [-0.3, -0.25) is 4.79 Å². The van der Waals surface area contributed by atoms with Gasteiger partial charge in [-0.25, -0.2) is 14.0 Å². The first-order valence-electron chi connectivity index (χ1n) is 8.15. The summed E-state index contributed by atoms with van der Waals surface area (Å²) in [4.78, 5) is 37.5. The highest BCUT2D eigenvalue weighted by Crippen LogP contribution is 2.30. The molecule has 1 aliphatic heterocycles. The molecule has 1 N–H and O–H groups in total. The molecule has 0 saturated carbocycles. The molecule has 2 rings (SSSR count). The summed E-state index contributed by atoms with van der Waals surface area (Å²) in [6, 6.07) is 3.89. The molecule has 8 nitrogen and oxygen atoms in total. The zero-order chi connectivity index (χ0) is 20.1. The number of amides is 1. The zero-order valence-electron chi connectivity index (χ0n) is 15.5. The highest BCUT2D eigenvalue weighted by atomic mass is 19.1. The Labute approximate surface area is 155 Å². The summed E-state index contributed by atoms with van der Waals surface area (Å²) in [5.74, 6) is -2.85. The van der Waals surface area contributed by atoms with E-state index in [2.05, 4.69) is 5.32 Å². The number of ether oxygens (including phenoxy) is 3. The zero-order valence-corrected chi connectivity index (χ0v) is 15.5. The van der Waals surface area contributed by atoms with Crippen molar-refractivity contribution in [3.8, 4) is 0 Å². The van der Waals surface area contributed by atoms with Gasteiger partial charge in [0.15, 0.2) is 0 Å². The van der Waals surface area contributed by atoms with E-state index in [0.717, 1.165) is 6.07 Å². The van der Waals surface area contributed by atoms with E-state index in [1.807, 2.05) is 0 Å². The minimum atomic E-state index is -0.768. The average Bonchev–Trinajstić information content (AvgIpc) is 2.67. The van der Waals surface area contributed by atoms with Crippen LogP contribution in [-0.2, 0) is 28.6 Å². The van der Waals surface area contributed by atoms with Gasteiger partial charge in [-0.05, 0) is 18.2 Å². The minimum absolute atomic E-state index is 0.0207. The second kappa shape index (κ2) is 8.63. The summed E-state index contributed by atoms with van der Waals surface area (Å²) in [5, 5.41) is 2.49. The molecule has 27 heavy (non-hydrogen) atoms. The van der Waals surface area contributed by atoms with Crippen molar-refractivity contribution in [3.63, 3.8) is 0 Å². The van der Waals surface area contributed by atoms with E-state index in [4.69, 9.17) is 14.2 Å². The molecule has 0 bridgehead atoms. The van der Waals surface area contributed by atoms with Crippen LogP contribution in [0.5, 0.6) is 0 Å². The molecule has 1 aromatic carbocycles. The maximum atomic E-state index is 14.1. The van der Waals surface area contributed by atoms with Crippen LogP contribution < -0.4 is 10.2 Å². The molecule has 0 unspecified atom stereocenters. The topological polar surface area (TPSA) is 94.2 Å². The van der Waals surface area contributed by atoms with Gasteiger partial charge in [0, 0.05) is 11.6 Å². The molecule has 0 saturated heterocycles. The maximum absolute atomic E-state index is 14.1. The number of nitrogens with zero attached hydrogens (tertiary/aromatic N) is 1. The lowest BCUT2D eigenvalue weighted by Gasteiger charge is -2.31. The highest BCUT2D eigenvalue weighted by Gasteiger charge is 2.32. The molecule has 146 valence electrons. The average molecular weight is 380 g/mol. The molecule has 1 amide bonds. The Kier molecular flexibility index (Phi) is 6.51. The Morgan fingerprint density at radius 2 is 1.85 bits per heavy atom. The molecule has 0 aliphatic carbocycles. The Bertz CT molecular complexity index is 790. The predicted molar refractivity (Wildman–Crippen MR) is 94.2 cm³/mol. The van der Waals surface area contributed by atoms with E-state index < -0.39 is 17.8 Å². The number of hydrogen-bond donors (Lipinski definition) is 1. The van der Waals surface area contributed by atoms with Crippen molar-refractivity contribution in [2.45, 2.75) is 13.8 Å². The number of halogens is 1. The third kappa shape index (κ3) is 4.43. The summed E-state index contributed by atoms with van der Waals surface area (Å²) < 4.78 is 28.9. The number of methoxy groups -OCH3 is 2. The summed E-state index contributed by atoms with van der Waals surface area (Å²) >= 11 is 0. The van der Waals surface area contributed by atoms with Gasteiger partial charge in [-0.2, -0.15) is 0 Å². The van der Waals surface area contributed by atoms with E-state index in [1.54, 1.807) is 13.8 Å². The van der Waals surface area contributed by atoms with Gasteiger partial charge in [0.1, 0.15) is 18.2 Å². The Morgan fingerprint density at radius 1 is 1.19 bits per heavy atom.